The summed E-state index contributed by atoms with van der Waals surface area (Å²) in [6.07, 6.45) is 7.28. The van der Waals surface area contributed by atoms with Gasteiger partial charge in [-0.25, -0.2) is 4.39 Å². The van der Waals surface area contributed by atoms with Crippen LogP contribution in [0.25, 0.3) is 0 Å². The average molecular weight is 424 g/mol. The summed E-state index contributed by atoms with van der Waals surface area (Å²) >= 11 is 0. The molecule has 5 nitrogen and oxygen atoms in total. The number of nitrogens with zero attached hydrogens (tertiary/aromatic N) is 2. The second-order valence-corrected chi connectivity index (χ2v) is 7.24. The van der Waals surface area contributed by atoms with Gasteiger partial charge in [-0.3, -0.25) is 9.59 Å². The first-order valence-corrected chi connectivity index (χ1v) is 10.3. The van der Waals surface area contributed by atoms with Crippen LogP contribution in [0.15, 0.2) is 73.3 Å². The average Bonchev–Trinajstić information content (AvgIpc) is 2.79. The van der Waals surface area contributed by atoms with Crippen LogP contribution in [0.2, 0.25) is 0 Å². The van der Waals surface area contributed by atoms with Crippen molar-refractivity contribution >= 4 is 18.0 Å². The number of anilines is 1. The van der Waals surface area contributed by atoms with Gasteiger partial charge in [0.2, 0.25) is 6.41 Å². The fraction of sp³-hybridized carbons (Fsp3) is 0.280. The summed E-state index contributed by atoms with van der Waals surface area (Å²) in [5, 5.41) is 2.90. The van der Waals surface area contributed by atoms with Crippen molar-refractivity contribution in [3.63, 3.8) is 0 Å². The van der Waals surface area contributed by atoms with E-state index in [2.05, 4.69) is 11.9 Å². The highest BCUT2D eigenvalue weighted by atomic mass is 19.1. The minimum absolute atomic E-state index is 0.176. The van der Waals surface area contributed by atoms with Gasteiger partial charge in [0, 0.05) is 37.9 Å². The lowest BCUT2D eigenvalue weighted by Crippen LogP contribution is -2.32. The van der Waals surface area contributed by atoms with Crippen molar-refractivity contribution in [3.05, 3.63) is 90.3 Å². The van der Waals surface area contributed by atoms with Crippen LogP contribution in [0, 0.1) is 5.82 Å². The van der Waals surface area contributed by atoms with Crippen molar-refractivity contribution in [1.82, 2.24) is 10.2 Å². The van der Waals surface area contributed by atoms with E-state index in [4.69, 9.17) is 0 Å². The Bertz CT molecular complexity index is 879. The van der Waals surface area contributed by atoms with Crippen LogP contribution in [0.5, 0.6) is 0 Å². The number of carbonyl (C=O) groups is 2. The normalized spacial score (nSPS) is 11.7. The highest BCUT2D eigenvalue weighted by Gasteiger charge is 2.10. The quantitative estimate of drug-likeness (QED) is 0.412. The third kappa shape index (κ3) is 7.74. The molecule has 0 heterocycles. The van der Waals surface area contributed by atoms with Gasteiger partial charge in [-0.1, -0.05) is 37.3 Å². The molecular formula is C25H30FN3O2. The molecule has 0 radical (unpaired) electrons. The molecule has 0 aromatic heterocycles. The topological polar surface area (TPSA) is 52.7 Å². The van der Waals surface area contributed by atoms with Gasteiger partial charge in [-0.15, -0.1) is 6.58 Å². The molecule has 0 aliphatic rings. The van der Waals surface area contributed by atoms with E-state index in [1.165, 1.54) is 12.1 Å². The van der Waals surface area contributed by atoms with Gasteiger partial charge in [0.05, 0.1) is 6.04 Å². The molecule has 0 aliphatic carbocycles. The van der Waals surface area contributed by atoms with Crippen LogP contribution < -0.4 is 10.2 Å². The third-order valence-corrected chi connectivity index (χ3v) is 4.87. The van der Waals surface area contributed by atoms with E-state index in [9.17, 15) is 14.0 Å². The molecule has 2 aromatic rings. The SMILES string of the molecule is C=CC(/C=C/CC)NC(=O)c1ccc(CN(C=O)CCN(C)c2ccc(F)cc2)cc1. The summed E-state index contributed by atoms with van der Waals surface area (Å²) in [5.74, 6) is -0.452. The highest BCUT2D eigenvalue weighted by Crippen LogP contribution is 2.13. The van der Waals surface area contributed by atoms with Gasteiger partial charge < -0.3 is 15.1 Å². The van der Waals surface area contributed by atoms with Crippen molar-refractivity contribution in [2.45, 2.75) is 25.9 Å². The summed E-state index contributed by atoms with van der Waals surface area (Å²) in [6.45, 7) is 7.34. The Hall–Kier alpha value is -3.41. The molecule has 2 amide bonds. The molecular weight excluding hydrogens is 393 g/mol. The third-order valence-electron chi connectivity index (χ3n) is 4.87. The number of hydrogen-bond acceptors (Lipinski definition) is 3. The Morgan fingerprint density at radius 3 is 2.39 bits per heavy atom. The number of allylic oxidation sites excluding steroid dienone is 1. The minimum atomic E-state index is -0.277. The van der Waals surface area contributed by atoms with Crippen LogP contribution in [0.4, 0.5) is 10.1 Å². The second-order valence-electron chi connectivity index (χ2n) is 7.24. The number of likely N-dealkylation sites (N-methyl/N-ethyl adjacent to an activating group) is 1. The molecule has 2 aromatic carbocycles. The van der Waals surface area contributed by atoms with Crippen LogP contribution in [0.1, 0.15) is 29.3 Å². The summed E-state index contributed by atoms with van der Waals surface area (Å²) < 4.78 is 13.1. The number of nitrogens with one attached hydrogen (secondary N) is 1. The summed E-state index contributed by atoms with van der Waals surface area (Å²) in [4.78, 5) is 27.5. The Morgan fingerprint density at radius 2 is 1.81 bits per heavy atom. The van der Waals surface area contributed by atoms with Gasteiger partial charge in [0.25, 0.3) is 5.91 Å². The van der Waals surface area contributed by atoms with Crippen molar-refractivity contribution in [1.29, 1.82) is 0 Å². The van der Waals surface area contributed by atoms with Crippen LogP contribution in [-0.2, 0) is 11.3 Å². The van der Waals surface area contributed by atoms with E-state index >= 15 is 0 Å². The van der Waals surface area contributed by atoms with Crippen LogP contribution in [0.3, 0.4) is 0 Å². The minimum Gasteiger partial charge on any atom is -0.373 e. The Kier molecular flexibility index (Phi) is 9.49. The van der Waals surface area contributed by atoms with E-state index in [0.717, 1.165) is 24.1 Å². The van der Waals surface area contributed by atoms with Crippen molar-refractivity contribution < 1.29 is 14.0 Å². The first-order chi connectivity index (χ1) is 15.0. The van der Waals surface area contributed by atoms with Gasteiger partial charge in [-0.2, -0.15) is 0 Å². The molecule has 0 fully saturated rings. The highest BCUT2D eigenvalue weighted by molar-refractivity contribution is 5.94. The number of halogens is 1. The number of benzene rings is 2. The molecule has 1 atom stereocenters. The lowest BCUT2D eigenvalue weighted by molar-refractivity contribution is -0.118. The molecule has 31 heavy (non-hydrogen) atoms. The smallest absolute Gasteiger partial charge is 0.251 e. The van der Waals surface area contributed by atoms with Gasteiger partial charge >= 0.3 is 0 Å². The van der Waals surface area contributed by atoms with Crippen molar-refractivity contribution in [3.8, 4) is 0 Å². The zero-order chi connectivity index (χ0) is 22.6. The molecule has 1 N–H and O–H groups in total. The Morgan fingerprint density at radius 1 is 1.13 bits per heavy atom. The maximum absolute atomic E-state index is 13.1. The fourth-order valence-corrected chi connectivity index (χ4v) is 2.97. The molecule has 6 heteroatoms. The first kappa shape index (κ1) is 23.9. The molecule has 0 bridgehead atoms. The standard InChI is InChI=1S/C25H30FN3O2/c1-4-6-7-23(5-2)27-25(31)21-10-8-20(9-11-21)18-29(19-30)17-16-28(3)24-14-12-22(26)13-15-24/h5-15,19,23H,2,4,16-18H2,1,3H3,(H,27,31)/b7-6+. The molecule has 2 rings (SSSR count). The number of rotatable bonds is 12. The number of amides is 2. The van der Waals surface area contributed by atoms with Gasteiger partial charge in [0.15, 0.2) is 0 Å². The Balaban J connectivity index is 1.90. The van der Waals surface area contributed by atoms with Crippen molar-refractivity contribution in [2.75, 3.05) is 25.0 Å². The zero-order valence-corrected chi connectivity index (χ0v) is 18.1. The lowest BCUT2D eigenvalue weighted by Gasteiger charge is -2.24. The van der Waals surface area contributed by atoms with E-state index in [0.29, 0.717) is 25.2 Å². The van der Waals surface area contributed by atoms with Crippen LogP contribution >= 0.6 is 0 Å². The second kappa shape index (κ2) is 12.3. The van der Waals surface area contributed by atoms with E-state index < -0.39 is 0 Å². The number of carbonyl (C=O) groups excluding carboxylic acids is 2. The largest absolute Gasteiger partial charge is 0.373 e. The monoisotopic (exact) mass is 423 g/mol. The maximum atomic E-state index is 13.1. The summed E-state index contributed by atoms with van der Waals surface area (Å²) in [7, 11) is 1.90. The van der Waals surface area contributed by atoms with Crippen LogP contribution in [-0.4, -0.2) is 43.4 Å². The predicted octanol–water partition coefficient (Wildman–Crippen LogP) is 4.17. The van der Waals surface area contributed by atoms with E-state index in [1.807, 2.05) is 43.2 Å². The summed E-state index contributed by atoms with van der Waals surface area (Å²) in [6, 6.07) is 13.2. The molecule has 0 spiro atoms. The van der Waals surface area contributed by atoms with Crippen molar-refractivity contribution in [2.24, 2.45) is 0 Å². The Labute approximate surface area is 183 Å². The lowest BCUT2D eigenvalue weighted by atomic mass is 10.1. The number of hydrogen-bond donors (Lipinski definition) is 1. The molecule has 0 saturated heterocycles. The van der Waals surface area contributed by atoms with Gasteiger partial charge in [-0.05, 0) is 48.4 Å². The summed E-state index contributed by atoms with van der Waals surface area (Å²) in [5.41, 5.74) is 2.36. The molecule has 1 unspecified atom stereocenters. The van der Waals surface area contributed by atoms with E-state index in [-0.39, 0.29) is 17.8 Å². The molecule has 0 saturated carbocycles. The molecule has 164 valence electrons. The van der Waals surface area contributed by atoms with E-state index in [1.54, 1.807) is 35.2 Å². The first-order valence-electron chi connectivity index (χ1n) is 10.3. The zero-order valence-electron chi connectivity index (χ0n) is 18.1. The van der Waals surface area contributed by atoms with Gasteiger partial charge in [0.1, 0.15) is 5.82 Å². The molecule has 0 aliphatic heterocycles. The fourth-order valence-electron chi connectivity index (χ4n) is 2.97. The maximum Gasteiger partial charge on any atom is 0.251 e. The predicted molar refractivity (Wildman–Crippen MR) is 123 cm³/mol.